The second kappa shape index (κ2) is 11.4. The summed E-state index contributed by atoms with van der Waals surface area (Å²) in [6, 6.07) is 19.0. The lowest BCUT2D eigenvalue weighted by atomic mass is 9.82. The summed E-state index contributed by atoms with van der Waals surface area (Å²) in [5.74, 6) is 0.206. The van der Waals surface area contributed by atoms with Gasteiger partial charge in [0.2, 0.25) is 5.91 Å². The highest BCUT2D eigenvalue weighted by Gasteiger charge is 2.42. The van der Waals surface area contributed by atoms with Gasteiger partial charge in [0.1, 0.15) is 12.4 Å². The van der Waals surface area contributed by atoms with Gasteiger partial charge >= 0.3 is 6.18 Å². The lowest BCUT2D eigenvalue weighted by molar-refractivity contribution is -0.137. The van der Waals surface area contributed by atoms with Crippen LogP contribution in [0.2, 0.25) is 0 Å². The number of piperazine rings is 1. The number of alkyl halides is 3. The topological polar surface area (TPSA) is 57.7 Å². The highest BCUT2D eigenvalue weighted by atomic mass is 19.4. The van der Waals surface area contributed by atoms with Gasteiger partial charge in [0.15, 0.2) is 0 Å². The molecule has 5 rings (SSSR count). The maximum Gasteiger partial charge on any atom is 0.416 e. The number of nitrogens with one attached hydrogen (secondary N) is 1. The van der Waals surface area contributed by atoms with Crippen LogP contribution >= 0.6 is 0 Å². The SMILES string of the molecule is O=C(NCCc1ccccn1)[C@H]1Cc2cc(C(F)(F)F)ccc2N2CCN(CCOc3ccccc3)C[C@H]12. The molecule has 1 amide bonds. The number of carbonyl (C=O) groups excluding carboxylic acids is 1. The summed E-state index contributed by atoms with van der Waals surface area (Å²) in [5, 5.41) is 3.02. The van der Waals surface area contributed by atoms with Crippen molar-refractivity contribution in [2.75, 3.05) is 44.2 Å². The van der Waals surface area contributed by atoms with E-state index < -0.39 is 17.7 Å². The third kappa shape index (κ3) is 6.10. The molecule has 0 spiro atoms. The van der Waals surface area contributed by atoms with Crippen molar-refractivity contribution in [1.29, 1.82) is 0 Å². The molecule has 2 aliphatic heterocycles. The Kier molecular flexibility index (Phi) is 7.83. The molecule has 0 aliphatic carbocycles. The highest BCUT2D eigenvalue weighted by molar-refractivity contribution is 5.82. The smallest absolute Gasteiger partial charge is 0.416 e. The molecular weight excluding hydrogens is 493 g/mol. The number of para-hydroxylation sites is 1. The minimum absolute atomic E-state index is 0.138. The van der Waals surface area contributed by atoms with Crippen LogP contribution in [0, 0.1) is 5.92 Å². The maximum absolute atomic E-state index is 13.4. The Morgan fingerprint density at radius 3 is 2.63 bits per heavy atom. The lowest BCUT2D eigenvalue weighted by Gasteiger charge is -2.49. The van der Waals surface area contributed by atoms with Gasteiger partial charge in [-0.1, -0.05) is 24.3 Å². The zero-order valence-corrected chi connectivity index (χ0v) is 21.0. The van der Waals surface area contributed by atoms with Crippen molar-refractivity contribution in [3.63, 3.8) is 0 Å². The average Bonchev–Trinajstić information content (AvgIpc) is 2.93. The predicted molar refractivity (Wildman–Crippen MR) is 139 cm³/mol. The van der Waals surface area contributed by atoms with Crippen LogP contribution < -0.4 is 15.0 Å². The average molecular weight is 525 g/mol. The number of ether oxygens (including phenoxy) is 1. The van der Waals surface area contributed by atoms with Crippen LogP contribution in [-0.4, -0.2) is 61.2 Å². The fraction of sp³-hybridized carbons (Fsp3) is 0.379. The van der Waals surface area contributed by atoms with Crippen molar-refractivity contribution in [1.82, 2.24) is 15.2 Å². The molecule has 1 aromatic heterocycles. The molecule has 0 saturated carbocycles. The normalized spacial score (nSPS) is 19.4. The van der Waals surface area contributed by atoms with Gasteiger partial charge in [0.25, 0.3) is 0 Å². The van der Waals surface area contributed by atoms with Crippen LogP contribution in [0.1, 0.15) is 16.8 Å². The van der Waals surface area contributed by atoms with Crippen LogP contribution in [0.25, 0.3) is 0 Å². The molecule has 6 nitrogen and oxygen atoms in total. The Morgan fingerprint density at radius 1 is 1.05 bits per heavy atom. The van der Waals surface area contributed by atoms with Crippen molar-refractivity contribution in [2.24, 2.45) is 5.92 Å². The van der Waals surface area contributed by atoms with Crippen molar-refractivity contribution in [3.8, 4) is 5.75 Å². The van der Waals surface area contributed by atoms with Crippen molar-refractivity contribution in [2.45, 2.75) is 25.1 Å². The number of hydrogen-bond acceptors (Lipinski definition) is 5. The van der Waals surface area contributed by atoms with Crippen molar-refractivity contribution < 1.29 is 22.7 Å². The molecule has 1 saturated heterocycles. The van der Waals surface area contributed by atoms with Gasteiger partial charge in [0.05, 0.1) is 17.5 Å². The van der Waals surface area contributed by atoms with E-state index in [1.165, 1.54) is 6.07 Å². The van der Waals surface area contributed by atoms with E-state index in [0.29, 0.717) is 44.8 Å². The van der Waals surface area contributed by atoms with Gasteiger partial charge in [-0.05, 0) is 54.4 Å². The summed E-state index contributed by atoms with van der Waals surface area (Å²) < 4.78 is 46.2. The van der Waals surface area contributed by atoms with Crippen LogP contribution in [0.5, 0.6) is 5.75 Å². The first-order valence-corrected chi connectivity index (χ1v) is 12.9. The molecule has 3 heterocycles. The number of hydrogen-bond donors (Lipinski definition) is 1. The summed E-state index contributed by atoms with van der Waals surface area (Å²) >= 11 is 0. The Morgan fingerprint density at radius 2 is 1.87 bits per heavy atom. The molecule has 200 valence electrons. The fourth-order valence-corrected chi connectivity index (χ4v) is 5.36. The summed E-state index contributed by atoms with van der Waals surface area (Å²) in [4.78, 5) is 22.1. The zero-order valence-electron chi connectivity index (χ0n) is 21.0. The molecular formula is C29H31F3N4O2. The second-order valence-electron chi connectivity index (χ2n) is 9.74. The summed E-state index contributed by atoms with van der Waals surface area (Å²) in [6.07, 6.45) is -1.86. The van der Waals surface area contributed by atoms with E-state index in [4.69, 9.17) is 4.74 Å². The van der Waals surface area contributed by atoms with Crippen molar-refractivity contribution >= 4 is 11.6 Å². The first kappa shape index (κ1) is 26.0. The van der Waals surface area contributed by atoms with Crippen LogP contribution in [0.15, 0.2) is 72.9 Å². The molecule has 2 aromatic carbocycles. The maximum atomic E-state index is 13.4. The minimum Gasteiger partial charge on any atom is -0.492 e. The summed E-state index contributed by atoms with van der Waals surface area (Å²) in [6.45, 7) is 3.64. The number of rotatable bonds is 8. The number of aromatic nitrogens is 1. The third-order valence-electron chi connectivity index (χ3n) is 7.29. The molecule has 0 unspecified atom stereocenters. The highest BCUT2D eigenvalue weighted by Crippen LogP contribution is 2.39. The Bertz CT molecular complexity index is 1220. The number of nitrogens with zero attached hydrogens (tertiary/aromatic N) is 3. The van der Waals surface area contributed by atoms with E-state index >= 15 is 0 Å². The Labute approximate surface area is 220 Å². The number of amides is 1. The van der Waals surface area contributed by atoms with Crippen LogP contribution in [0.4, 0.5) is 18.9 Å². The first-order chi connectivity index (χ1) is 18.4. The third-order valence-corrected chi connectivity index (χ3v) is 7.29. The molecule has 1 N–H and O–H groups in total. The number of anilines is 1. The monoisotopic (exact) mass is 524 g/mol. The second-order valence-corrected chi connectivity index (χ2v) is 9.74. The molecule has 0 radical (unpaired) electrons. The standard InChI is InChI=1S/C29H31F3N4O2/c30-29(31,32)22-9-10-26-21(18-22)19-25(28(37)34-13-11-23-6-4-5-12-33-23)27-20-35(14-15-36(26)27)16-17-38-24-7-2-1-3-8-24/h1-10,12,18,25,27H,11,13-17,19-20H2,(H,34,37)/t25-,27+/m0/s1. The predicted octanol–water partition coefficient (Wildman–Crippen LogP) is 4.20. The van der Waals surface area contributed by atoms with Crippen LogP contribution in [0.3, 0.4) is 0 Å². The van der Waals surface area contributed by atoms with E-state index in [1.54, 1.807) is 12.3 Å². The van der Waals surface area contributed by atoms with Crippen molar-refractivity contribution in [3.05, 3.63) is 89.7 Å². The minimum atomic E-state index is -4.43. The number of halogens is 3. The number of pyridine rings is 1. The zero-order chi connectivity index (χ0) is 26.5. The van der Waals surface area contributed by atoms with E-state index in [9.17, 15) is 18.0 Å². The van der Waals surface area contributed by atoms with Gasteiger partial charge < -0.3 is 15.0 Å². The molecule has 0 bridgehead atoms. The van der Waals surface area contributed by atoms with Gasteiger partial charge in [-0.2, -0.15) is 13.2 Å². The molecule has 2 aliphatic rings. The van der Waals surface area contributed by atoms with Gasteiger partial charge in [-0.25, -0.2) is 0 Å². The molecule has 3 aromatic rings. The van der Waals surface area contributed by atoms with E-state index in [2.05, 4.69) is 20.1 Å². The Balaban J connectivity index is 1.30. The quantitative estimate of drug-likeness (QED) is 0.479. The molecule has 2 atom stereocenters. The van der Waals surface area contributed by atoms with E-state index in [0.717, 1.165) is 29.7 Å². The van der Waals surface area contributed by atoms with E-state index in [-0.39, 0.29) is 18.4 Å². The molecule has 9 heteroatoms. The molecule has 1 fully saturated rings. The number of benzene rings is 2. The largest absolute Gasteiger partial charge is 0.492 e. The summed E-state index contributed by atoms with van der Waals surface area (Å²) in [7, 11) is 0. The van der Waals surface area contributed by atoms with Gasteiger partial charge in [-0.15, -0.1) is 0 Å². The van der Waals surface area contributed by atoms with Crippen LogP contribution in [-0.2, 0) is 23.8 Å². The fourth-order valence-electron chi connectivity index (χ4n) is 5.36. The Hall–Kier alpha value is -3.59. The first-order valence-electron chi connectivity index (χ1n) is 12.9. The lowest BCUT2D eigenvalue weighted by Crippen LogP contribution is -2.61. The molecule has 38 heavy (non-hydrogen) atoms. The van der Waals surface area contributed by atoms with Gasteiger partial charge in [-0.3, -0.25) is 14.7 Å². The summed E-state index contributed by atoms with van der Waals surface area (Å²) in [5.41, 5.74) is 1.56. The number of carbonyl (C=O) groups is 1. The number of fused-ring (bicyclic) bond motifs is 3. The van der Waals surface area contributed by atoms with E-state index in [1.807, 2.05) is 48.5 Å². The van der Waals surface area contributed by atoms with Gasteiger partial charge in [0, 0.05) is 56.7 Å².